The van der Waals surface area contributed by atoms with Crippen LogP contribution in [-0.2, 0) is 0 Å². The molecule has 712 valence electrons. The van der Waals surface area contributed by atoms with Gasteiger partial charge in [0, 0.05) is 92.9 Å². The van der Waals surface area contributed by atoms with Crippen LogP contribution in [-0.4, -0.2) is 103 Å². The van der Waals surface area contributed by atoms with E-state index in [1.807, 2.05) is 168 Å². The molecule has 10 aromatic carbocycles. The van der Waals surface area contributed by atoms with Gasteiger partial charge in [-0.15, -0.1) is 0 Å². The highest BCUT2D eigenvalue weighted by molar-refractivity contribution is 9.11. The van der Waals surface area contributed by atoms with Crippen LogP contribution in [0.2, 0.25) is 45.2 Å². The topological polar surface area (TPSA) is 299 Å². The molecule has 38 heteroatoms. The number of hydrogen-bond donors (Lipinski definition) is 5. The van der Waals surface area contributed by atoms with Crippen molar-refractivity contribution in [2.45, 2.75) is 61.3 Å². The van der Waals surface area contributed by atoms with Crippen molar-refractivity contribution >= 4 is 265 Å². The molecule has 0 atom stereocenters. The van der Waals surface area contributed by atoms with Crippen LogP contribution < -0.4 is 26.6 Å². The minimum absolute atomic E-state index is 0.228. The van der Waals surface area contributed by atoms with Crippen LogP contribution in [0, 0.1) is 47.4 Å². The number of fused-ring (bicyclic) bond motifs is 5. The minimum atomic E-state index is -0.393. The average molecular weight is 2260 g/mol. The second-order valence-electron chi connectivity index (χ2n) is 32.2. The molecule has 10 heterocycles. The fourth-order valence-electron chi connectivity index (χ4n) is 14.8. The molecule has 0 bridgehead atoms. The molecular formula is C104H75Br3Cl9FN20O5. The van der Waals surface area contributed by atoms with Gasteiger partial charge in [-0.05, 0) is 271 Å². The van der Waals surface area contributed by atoms with E-state index in [0.29, 0.717) is 175 Å². The predicted molar refractivity (Wildman–Crippen MR) is 577 cm³/mol. The number of amides is 5. The van der Waals surface area contributed by atoms with Crippen LogP contribution in [0.25, 0.3) is 83.6 Å². The second kappa shape index (κ2) is 44.4. The van der Waals surface area contributed by atoms with Gasteiger partial charge in [-0.1, -0.05) is 196 Å². The molecule has 5 N–H and O–H groups in total. The molecule has 0 aliphatic heterocycles. The SMILES string of the molecule is Cc1ccc(NC(=O)c2cnc3c(c(C)nn3-c3ccc(Br)cc3)c2Cl)cc1.Cc1nn(-c2ccc(Br)cc2)c2ncc(C(=O)Nc3ccc(C(C)C)cc3)c(Cl)c12.Cc1nn(-c2ccc(Br)cc2)c2ncc(C(=O)Nc3ccc(Cl)cc3)c(Cl)c12.Cc1nn(-c2ccc(Cl)cc2)c2ncc(C(=O)Nc3ccc(Cl)cc3)c(Cl)c12.Cc1nn(-c2ccc(F)cc2)c2ncc(C(=O)Nc3ccc(Cl)cc3)c(Cl)c12. The average Bonchev–Trinajstić information content (AvgIpc) is 1.63. The quantitative estimate of drug-likeness (QED) is 0.0601. The number of carbonyl (C=O) groups is 5. The third-order valence-electron chi connectivity index (χ3n) is 22.1. The number of nitrogens with zero attached hydrogens (tertiary/aromatic N) is 15. The van der Waals surface area contributed by atoms with E-state index in [4.69, 9.17) is 104 Å². The number of carbonyl (C=O) groups excluding carboxylic acids is 5. The Kier molecular flexibility index (Phi) is 31.8. The monoisotopic (exact) mass is 2250 g/mol. The molecule has 20 rings (SSSR count). The van der Waals surface area contributed by atoms with Gasteiger partial charge in [0.2, 0.25) is 0 Å². The van der Waals surface area contributed by atoms with E-state index in [1.54, 1.807) is 127 Å². The van der Waals surface area contributed by atoms with Crippen LogP contribution >= 0.6 is 152 Å². The first kappa shape index (κ1) is 102. The number of halogens is 13. The van der Waals surface area contributed by atoms with Gasteiger partial charge in [0.1, 0.15) is 5.82 Å². The van der Waals surface area contributed by atoms with E-state index < -0.39 is 5.91 Å². The summed E-state index contributed by atoms with van der Waals surface area (Å²) in [7, 11) is 0. The zero-order valence-electron chi connectivity index (χ0n) is 75.7. The van der Waals surface area contributed by atoms with Crippen molar-refractivity contribution in [2.24, 2.45) is 0 Å². The van der Waals surface area contributed by atoms with Crippen LogP contribution in [0.5, 0.6) is 0 Å². The molecule has 0 aliphatic rings. The Balaban J connectivity index is 0.000000128. The number of rotatable bonds is 16. The molecule has 0 saturated carbocycles. The Hall–Kier alpha value is -13.4. The van der Waals surface area contributed by atoms with Crippen molar-refractivity contribution in [2.75, 3.05) is 26.6 Å². The zero-order valence-corrected chi connectivity index (χ0v) is 87.3. The highest BCUT2D eigenvalue weighted by Gasteiger charge is 2.28. The summed E-state index contributed by atoms with van der Waals surface area (Å²) < 4.78 is 24.5. The maximum atomic E-state index is 13.2. The lowest BCUT2D eigenvalue weighted by molar-refractivity contribution is 0.101. The van der Waals surface area contributed by atoms with Crippen molar-refractivity contribution in [3.63, 3.8) is 0 Å². The van der Waals surface area contributed by atoms with Crippen molar-refractivity contribution in [1.29, 1.82) is 0 Å². The molecule has 20 aromatic rings. The van der Waals surface area contributed by atoms with Gasteiger partial charge < -0.3 is 26.6 Å². The minimum Gasteiger partial charge on any atom is -0.322 e. The highest BCUT2D eigenvalue weighted by Crippen LogP contribution is 2.39. The maximum absolute atomic E-state index is 13.2. The van der Waals surface area contributed by atoms with Gasteiger partial charge in [-0.3, -0.25) is 24.0 Å². The molecule has 0 unspecified atom stereocenters. The normalized spacial score (nSPS) is 11.1. The van der Waals surface area contributed by atoms with Crippen molar-refractivity contribution in [3.05, 3.63) is 405 Å². The van der Waals surface area contributed by atoms with Crippen LogP contribution in [0.15, 0.2) is 287 Å². The molecule has 0 fully saturated rings. The van der Waals surface area contributed by atoms with Crippen LogP contribution in [0.3, 0.4) is 0 Å². The summed E-state index contributed by atoms with van der Waals surface area (Å²) in [4.78, 5) is 85.9. The Morgan fingerprint density at radius 3 is 0.662 bits per heavy atom. The predicted octanol–water partition coefficient (Wildman–Crippen LogP) is 29.6. The first-order chi connectivity index (χ1) is 68.1. The highest BCUT2D eigenvalue weighted by atomic mass is 79.9. The first-order valence-electron chi connectivity index (χ1n) is 43.1. The van der Waals surface area contributed by atoms with Gasteiger partial charge >= 0.3 is 0 Å². The largest absolute Gasteiger partial charge is 0.322 e. The van der Waals surface area contributed by atoms with E-state index in [-0.39, 0.29) is 51.2 Å². The third-order valence-corrected chi connectivity index (χ3v) is 26.6. The number of nitrogens with one attached hydrogen (secondary N) is 5. The second-order valence-corrected chi connectivity index (χ2v) is 38.6. The number of hydrogen-bond acceptors (Lipinski definition) is 15. The fourth-order valence-corrected chi connectivity index (χ4v) is 17.9. The van der Waals surface area contributed by atoms with E-state index in [2.05, 4.69) is 139 Å². The first-order valence-corrected chi connectivity index (χ1v) is 48.9. The van der Waals surface area contributed by atoms with Crippen molar-refractivity contribution in [3.8, 4) is 28.4 Å². The van der Waals surface area contributed by atoms with Crippen molar-refractivity contribution in [1.82, 2.24) is 73.8 Å². The van der Waals surface area contributed by atoms with Crippen LogP contribution in [0.1, 0.15) is 111 Å². The lowest BCUT2D eigenvalue weighted by Crippen LogP contribution is -2.13. The van der Waals surface area contributed by atoms with Crippen molar-refractivity contribution < 1.29 is 28.4 Å². The number of aryl methyl sites for hydroxylation is 6. The van der Waals surface area contributed by atoms with E-state index in [9.17, 15) is 28.4 Å². The number of pyridine rings is 5. The summed E-state index contributed by atoms with van der Waals surface area (Å²) in [5.74, 6) is -1.62. The molecule has 0 radical (unpaired) electrons. The van der Waals surface area contributed by atoms with Gasteiger partial charge in [0.05, 0.1) is 137 Å². The van der Waals surface area contributed by atoms with Gasteiger partial charge in [0.15, 0.2) is 28.2 Å². The molecule has 25 nitrogen and oxygen atoms in total. The standard InChI is InChI=1S/C23H20BrClN4O.C21H16BrClN4O.C20H13BrCl2N4O.C20H13Cl3N4O.C20H13Cl2FN4O/c1-13(2)15-4-8-17(9-5-15)27-23(30)19-12-26-22-20(21(19)25)14(3)28-29(22)18-10-6-16(24)7-11-18;1-12-3-7-15(8-4-12)25-21(28)17-11-24-20-18(19(17)23)13(2)26-27(20)16-9-5-14(22)6-10-16;1-11-17-18(23)16(20(28)25-14-6-4-13(22)5-7-14)10-24-19(17)27(26-11)15-8-2-12(21)3-9-15;1-11-17-18(23)16(20(28)25-14-6-2-12(21)3-7-14)10-24-19(17)27(26-11)15-8-4-13(22)5-9-15;1-11-17-18(22)16(20(28)25-14-6-2-12(21)3-7-14)10-24-19(17)27(26-11)15-8-4-13(23)5-9-15/h4-13H,1-3H3,(H,27,30);3-11H,1-2H3,(H,25,28);3*2-10H,1H3,(H,25,28). The van der Waals surface area contributed by atoms with Gasteiger partial charge in [-0.25, -0.2) is 52.7 Å². The molecule has 10 aromatic heterocycles. The van der Waals surface area contributed by atoms with E-state index in [0.717, 1.165) is 41.7 Å². The Morgan fingerprint density at radius 2 is 0.451 bits per heavy atom. The smallest absolute Gasteiger partial charge is 0.258 e. The van der Waals surface area contributed by atoms with Crippen LogP contribution in [0.4, 0.5) is 32.8 Å². The summed E-state index contributed by atoms with van der Waals surface area (Å²) in [6.07, 6.45) is 7.30. The van der Waals surface area contributed by atoms with E-state index in [1.165, 1.54) is 48.7 Å². The lowest BCUT2D eigenvalue weighted by atomic mass is 10.0. The number of anilines is 5. The Labute approximate surface area is 881 Å². The van der Waals surface area contributed by atoms with Gasteiger partial charge in [-0.2, -0.15) is 25.5 Å². The number of benzene rings is 10. The Morgan fingerprint density at radius 1 is 0.268 bits per heavy atom. The fraction of sp³-hybridized carbons (Fsp3) is 0.0865. The van der Waals surface area contributed by atoms with Gasteiger partial charge in [0.25, 0.3) is 29.5 Å². The lowest BCUT2D eigenvalue weighted by Gasteiger charge is -2.10. The molecule has 0 spiro atoms. The molecule has 142 heavy (non-hydrogen) atoms. The molecule has 0 aliphatic carbocycles. The summed E-state index contributed by atoms with van der Waals surface area (Å²) in [6, 6.07) is 72.0. The summed E-state index contributed by atoms with van der Waals surface area (Å²) in [6.45, 7) is 15.4. The summed E-state index contributed by atoms with van der Waals surface area (Å²) in [5.41, 5.74) is 17.2. The maximum Gasteiger partial charge on any atom is 0.258 e. The molecule has 0 saturated heterocycles. The zero-order chi connectivity index (χ0) is 101. The summed E-state index contributed by atoms with van der Waals surface area (Å²) in [5, 5.41) is 43.9. The third kappa shape index (κ3) is 22.9. The van der Waals surface area contributed by atoms with E-state index >= 15 is 0 Å². The Bertz CT molecular complexity index is 7450. The number of aromatic nitrogens is 15. The molecular weight excluding hydrogens is 2190 g/mol. The summed E-state index contributed by atoms with van der Waals surface area (Å²) >= 11 is 66.8. The molecule has 5 amide bonds.